The lowest BCUT2D eigenvalue weighted by molar-refractivity contribution is 0.0787. The lowest BCUT2D eigenvalue weighted by Crippen LogP contribution is -2.11. The minimum Gasteiger partial charge on any atom is -0.379 e. The summed E-state index contributed by atoms with van der Waals surface area (Å²) in [5.41, 5.74) is 3.49. The maximum absolute atomic E-state index is 12.9. The van der Waals surface area contributed by atoms with Crippen molar-refractivity contribution in [2.24, 2.45) is 0 Å². The van der Waals surface area contributed by atoms with E-state index in [4.69, 9.17) is 9.72 Å². The predicted octanol–water partition coefficient (Wildman–Crippen LogP) is 4.04. The number of nitrogens with zero attached hydrogens (tertiary/aromatic N) is 4. The van der Waals surface area contributed by atoms with Crippen molar-refractivity contribution in [3.05, 3.63) is 65.5 Å². The number of carbonyl (C=O) groups excluding carboxylic acids is 1. The van der Waals surface area contributed by atoms with Crippen LogP contribution in [0.5, 0.6) is 0 Å². The molecule has 2 aromatic heterocycles. The number of nitrogens with one attached hydrogen (secondary N) is 1. The van der Waals surface area contributed by atoms with Crippen LogP contribution in [0.15, 0.2) is 48.5 Å². The lowest BCUT2D eigenvalue weighted by atomic mass is 10.0. The first-order chi connectivity index (χ1) is 14.5. The fourth-order valence-corrected chi connectivity index (χ4v) is 3.39. The molecule has 0 fully saturated rings. The molecule has 30 heavy (non-hydrogen) atoms. The summed E-state index contributed by atoms with van der Waals surface area (Å²) in [6.45, 7) is 7.35. The van der Waals surface area contributed by atoms with Crippen molar-refractivity contribution in [3.8, 4) is 0 Å². The van der Waals surface area contributed by atoms with Gasteiger partial charge in [-0.1, -0.05) is 30.3 Å². The summed E-state index contributed by atoms with van der Waals surface area (Å²) in [4.78, 5) is 17.6. The Labute approximate surface area is 175 Å². The molecule has 154 valence electrons. The van der Waals surface area contributed by atoms with E-state index in [0.717, 1.165) is 29.8 Å². The van der Waals surface area contributed by atoms with Crippen LogP contribution < -0.4 is 5.32 Å². The van der Waals surface area contributed by atoms with E-state index in [9.17, 15) is 4.79 Å². The molecule has 2 aromatic carbocycles. The van der Waals surface area contributed by atoms with Gasteiger partial charge in [0.25, 0.3) is 0 Å². The number of ketones is 1. The van der Waals surface area contributed by atoms with Crippen LogP contribution in [0.3, 0.4) is 0 Å². The van der Waals surface area contributed by atoms with Gasteiger partial charge >= 0.3 is 0 Å². The number of hydrogen-bond donors (Lipinski definition) is 1. The van der Waals surface area contributed by atoms with Crippen LogP contribution in [-0.2, 0) is 4.74 Å². The van der Waals surface area contributed by atoms with Gasteiger partial charge in [-0.2, -0.15) is 0 Å². The first-order valence-corrected chi connectivity index (χ1v) is 10.2. The van der Waals surface area contributed by atoms with Crippen molar-refractivity contribution in [2.45, 2.75) is 33.3 Å². The van der Waals surface area contributed by atoms with E-state index in [1.54, 1.807) is 0 Å². The van der Waals surface area contributed by atoms with Crippen LogP contribution >= 0.6 is 0 Å². The lowest BCUT2D eigenvalue weighted by Gasteiger charge is -2.11. The van der Waals surface area contributed by atoms with Crippen LogP contribution in [0.25, 0.3) is 16.7 Å². The van der Waals surface area contributed by atoms with E-state index < -0.39 is 0 Å². The van der Waals surface area contributed by atoms with Gasteiger partial charge in [-0.3, -0.25) is 9.20 Å². The Bertz CT molecular complexity index is 1180. The SMILES string of the molecule is Cc1nnc2c(NCCCOC(C)C)nc3ccc(C(=O)c4ccccc4)cc3n12. The third-order valence-corrected chi connectivity index (χ3v) is 4.85. The summed E-state index contributed by atoms with van der Waals surface area (Å²) < 4.78 is 7.53. The summed E-state index contributed by atoms with van der Waals surface area (Å²) in [5.74, 6) is 1.39. The van der Waals surface area contributed by atoms with Crippen LogP contribution in [0.4, 0.5) is 5.82 Å². The Balaban J connectivity index is 1.67. The summed E-state index contributed by atoms with van der Waals surface area (Å²) in [5, 5.41) is 11.9. The van der Waals surface area contributed by atoms with Crippen LogP contribution in [-0.4, -0.2) is 44.6 Å². The number of carbonyl (C=O) groups is 1. The van der Waals surface area contributed by atoms with Crippen molar-refractivity contribution in [1.29, 1.82) is 0 Å². The van der Waals surface area contributed by atoms with E-state index in [1.807, 2.05) is 73.7 Å². The van der Waals surface area contributed by atoms with Crippen LogP contribution in [0, 0.1) is 6.92 Å². The van der Waals surface area contributed by atoms with Gasteiger partial charge in [0.1, 0.15) is 5.82 Å². The summed E-state index contributed by atoms with van der Waals surface area (Å²) in [7, 11) is 0. The molecule has 7 heteroatoms. The van der Waals surface area contributed by atoms with E-state index >= 15 is 0 Å². The number of aromatic nitrogens is 4. The average molecular weight is 403 g/mol. The highest BCUT2D eigenvalue weighted by atomic mass is 16.5. The normalized spacial score (nSPS) is 11.5. The molecule has 0 saturated heterocycles. The standard InChI is InChI=1S/C23H25N5O2/c1-15(2)30-13-7-12-24-22-23-27-26-16(3)28(23)20-14-18(10-11-19(20)25-22)21(29)17-8-5-4-6-9-17/h4-6,8-11,14-15H,7,12-13H2,1-3H3,(H,24,25). The van der Waals surface area contributed by atoms with Crippen molar-refractivity contribution in [3.63, 3.8) is 0 Å². The number of ether oxygens (including phenoxy) is 1. The number of rotatable bonds is 8. The summed E-state index contributed by atoms with van der Waals surface area (Å²) >= 11 is 0. The van der Waals surface area contributed by atoms with Crippen LogP contribution in [0.1, 0.15) is 42.0 Å². The minimum absolute atomic E-state index is 0.0243. The molecule has 0 atom stereocenters. The molecule has 0 saturated carbocycles. The zero-order valence-corrected chi connectivity index (χ0v) is 17.4. The van der Waals surface area contributed by atoms with Gasteiger partial charge in [-0.15, -0.1) is 10.2 Å². The van der Waals surface area contributed by atoms with Crippen LogP contribution in [0.2, 0.25) is 0 Å². The van der Waals surface area contributed by atoms with Gasteiger partial charge in [0.15, 0.2) is 11.6 Å². The second kappa shape index (κ2) is 8.59. The van der Waals surface area contributed by atoms with Crippen molar-refractivity contribution in [2.75, 3.05) is 18.5 Å². The summed E-state index contributed by atoms with van der Waals surface area (Å²) in [6, 6.07) is 14.8. The molecule has 4 rings (SSSR count). The highest BCUT2D eigenvalue weighted by molar-refractivity contribution is 6.10. The highest BCUT2D eigenvalue weighted by Crippen LogP contribution is 2.23. The molecule has 4 aromatic rings. The fourth-order valence-electron chi connectivity index (χ4n) is 3.39. The van der Waals surface area contributed by atoms with Gasteiger partial charge in [0, 0.05) is 24.3 Å². The van der Waals surface area contributed by atoms with Gasteiger partial charge < -0.3 is 10.1 Å². The Morgan fingerprint density at radius 3 is 2.67 bits per heavy atom. The topological polar surface area (TPSA) is 81.4 Å². The predicted molar refractivity (Wildman–Crippen MR) is 117 cm³/mol. The average Bonchev–Trinajstić information content (AvgIpc) is 3.15. The molecular formula is C23H25N5O2. The zero-order chi connectivity index (χ0) is 21.1. The number of fused-ring (bicyclic) bond motifs is 3. The Kier molecular flexibility index (Phi) is 5.72. The quantitative estimate of drug-likeness (QED) is 0.353. The Hall–Kier alpha value is -3.32. The number of hydrogen-bond acceptors (Lipinski definition) is 6. The minimum atomic E-state index is -0.0243. The molecule has 0 aliphatic rings. The molecule has 0 bridgehead atoms. The molecule has 0 amide bonds. The molecule has 1 N–H and O–H groups in total. The molecule has 0 radical (unpaired) electrons. The number of anilines is 1. The third kappa shape index (κ3) is 4.02. The largest absolute Gasteiger partial charge is 0.379 e. The second-order valence-electron chi connectivity index (χ2n) is 7.47. The first-order valence-electron chi connectivity index (χ1n) is 10.2. The zero-order valence-electron chi connectivity index (χ0n) is 17.4. The third-order valence-electron chi connectivity index (χ3n) is 4.85. The summed E-state index contributed by atoms with van der Waals surface area (Å²) in [6.07, 6.45) is 1.09. The van der Waals surface area contributed by atoms with Gasteiger partial charge in [-0.05, 0) is 45.4 Å². The van der Waals surface area contributed by atoms with Gasteiger partial charge in [0.05, 0.1) is 17.1 Å². The van der Waals surface area contributed by atoms with E-state index in [2.05, 4.69) is 15.5 Å². The highest BCUT2D eigenvalue weighted by Gasteiger charge is 2.16. The molecular weight excluding hydrogens is 378 g/mol. The second-order valence-corrected chi connectivity index (χ2v) is 7.47. The van der Waals surface area contributed by atoms with E-state index in [-0.39, 0.29) is 11.9 Å². The van der Waals surface area contributed by atoms with Gasteiger partial charge in [-0.25, -0.2) is 4.98 Å². The van der Waals surface area contributed by atoms with Crippen molar-refractivity contribution in [1.82, 2.24) is 19.6 Å². The maximum Gasteiger partial charge on any atom is 0.204 e. The molecule has 7 nitrogen and oxygen atoms in total. The smallest absolute Gasteiger partial charge is 0.204 e. The van der Waals surface area contributed by atoms with Crippen molar-refractivity contribution >= 4 is 28.3 Å². The first kappa shape index (κ1) is 20.0. The molecule has 0 unspecified atom stereocenters. The molecule has 0 spiro atoms. The number of benzene rings is 2. The Morgan fingerprint density at radius 1 is 1.10 bits per heavy atom. The Morgan fingerprint density at radius 2 is 1.90 bits per heavy atom. The molecule has 0 aliphatic heterocycles. The fraction of sp³-hybridized carbons (Fsp3) is 0.304. The monoisotopic (exact) mass is 403 g/mol. The van der Waals surface area contributed by atoms with Gasteiger partial charge in [0.2, 0.25) is 5.65 Å². The molecule has 2 heterocycles. The number of aryl methyl sites for hydroxylation is 1. The van der Waals surface area contributed by atoms with Crippen molar-refractivity contribution < 1.29 is 9.53 Å². The van der Waals surface area contributed by atoms with E-state index in [1.165, 1.54) is 0 Å². The molecule has 0 aliphatic carbocycles. The maximum atomic E-state index is 12.9. The van der Waals surface area contributed by atoms with E-state index in [0.29, 0.717) is 29.2 Å².